The molecule has 0 bridgehead atoms. The van der Waals surface area contributed by atoms with Crippen molar-refractivity contribution in [2.45, 2.75) is 24.9 Å². The van der Waals surface area contributed by atoms with E-state index < -0.39 is 16.3 Å². The number of allylic oxidation sites excluding steroid dienone is 2. The first-order valence-electron chi connectivity index (χ1n) is 4.53. The Balaban J connectivity index is 3.17. The molecule has 0 saturated carbocycles. The summed E-state index contributed by atoms with van der Waals surface area (Å²) in [4.78, 5) is 19.3. The summed E-state index contributed by atoms with van der Waals surface area (Å²) in [5, 5.41) is -0.517. The molecule has 15 heavy (non-hydrogen) atoms. The molecular formula is C11H13ClN2O. The number of aliphatic imine (C=N–C) groups is 2. The van der Waals surface area contributed by atoms with E-state index in [1.165, 1.54) is 0 Å². The fraction of sp³-hybridized carbons (Fsp3) is 0.364. The number of rotatable bonds is 2. The van der Waals surface area contributed by atoms with Gasteiger partial charge in [0.1, 0.15) is 11.1 Å². The molecule has 0 amide bonds. The average molecular weight is 225 g/mol. The highest BCUT2D eigenvalue weighted by Gasteiger charge is 2.29. The Hall–Kier alpha value is -1.22. The van der Waals surface area contributed by atoms with E-state index in [0.717, 1.165) is 0 Å². The molecule has 0 aromatic carbocycles. The van der Waals surface area contributed by atoms with Crippen LogP contribution in [0, 0.1) is 0 Å². The van der Waals surface area contributed by atoms with Crippen molar-refractivity contribution in [2.75, 3.05) is 0 Å². The standard InChI is InChI=1S/C11H13ClN2O/c1-10(13-3)6-4-5-7-11(2,9(12)15)14-8-10/h4-8H,3H2,1-2H3/b6-4-,7-5-,14-8?. The third kappa shape index (κ3) is 2.63. The van der Waals surface area contributed by atoms with E-state index in [2.05, 4.69) is 16.7 Å². The van der Waals surface area contributed by atoms with Crippen LogP contribution in [0.25, 0.3) is 0 Å². The number of halogens is 1. The van der Waals surface area contributed by atoms with Crippen LogP contribution in [0.1, 0.15) is 13.8 Å². The molecule has 0 saturated heterocycles. The number of hydrogen-bond donors (Lipinski definition) is 0. The maximum Gasteiger partial charge on any atom is 0.252 e. The Bertz CT molecular complexity index is 373. The summed E-state index contributed by atoms with van der Waals surface area (Å²) in [5.41, 5.74) is -1.60. The zero-order valence-corrected chi connectivity index (χ0v) is 9.53. The summed E-state index contributed by atoms with van der Waals surface area (Å²) in [6.45, 7) is 6.98. The number of carbonyl (C=O) groups excluding carboxylic acids is 1. The van der Waals surface area contributed by atoms with E-state index >= 15 is 0 Å². The summed E-state index contributed by atoms with van der Waals surface area (Å²) < 4.78 is 0. The molecule has 1 aliphatic heterocycles. The van der Waals surface area contributed by atoms with E-state index in [4.69, 9.17) is 11.6 Å². The van der Waals surface area contributed by atoms with Crippen LogP contribution in [-0.4, -0.2) is 29.3 Å². The van der Waals surface area contributed by atoms with Crippen LogP contribution < -0.4 is 0 Å². The van der Waals surface area contributed by atoms with Crippen LogP contribution in [0.5, 0.6) is 0 Å². The fourth-order valence-corrected chi connectivity index (χ4v) is 1.17. The minimum Gasteiger partial charge on any atom is -0.285 e. The van der Waals surface area contributed by atoms with Crippen molar-refractivity contribution in [2.24, 2.45) is 9.98 Å². The second kappa shape index (κ2) is 4.11. The molecule has 0 aromatic heterocycles. The molecule has 4 heteroatoms. The molecule has 3 nitrogen and oxygen atoms in total. The zero-order chi connectivity index (χ0) is 11.5. The molecule has 2 unspecified atom stereocenters. The minimum atomic E-state index is -1.02. The molecule has 1 aliphatic rings. The Morgan fingerprint density at radius 1 is 1.40 bits per heavy atom. The summed E-state index contributed by atoms with van der Waals surface area (Å²) in [5.74, 6) is 0. The Morgan fingerprint density at radius 2 is 2.00 bits per heavy atom. The molecule has 0 N–H and O–H groups in total. The van der Waals surface area contributed by atoms with E-state index in [1.54, 1.807) is 31.4 Å². The van der Waals surface area contributed by atoms with Gasteiger partial charge in [-0.15, -0.1) is 0 Å². The fourth-order valence-electron chi connectivity index (χ4n) is 1.05. The molecule has 1 heterocycles. The van der Waals surface area contributed by atoms with Crippen molar-refractivity contribution in [3.63, 3.8) is 0 Å². The second-order valence-corrected chi connectivity index (χ2v) is 4.12. The van der Waals surface area contributed by atoms with Gasteiger partial charge >= 0.3 is 0 Å². The lowest BCUT2D eigenvalue weighted by molar-refractivity contribution is -0.114. The monoisotopic (exact) mass is 224 g/mol. The molecule has 80 valence electrons. The largest absolute Gasteiger partial charge is 0.285 e. The second-order valence-electron chi connectivity index (χ2n) is 3.78. The van der Waals surface area contributed by atoms with Gasteiger partial charge in [-0.25, -0.2) is 0 Å². The number of carbonyl (C=O) groups is 1. The Labute approximate surface area is 94.3 Å². The van der Waals surface area contributed by atoms with Crippen molar-refractivity contribution >= 4 is 29.8 Å². The Kier molecular flexibility index (Phi) is 3.25. The summed E-state index contributed by atoms with van der Waals surface area (Å²) in [6.07, 6.45) is 8.62. The lowest BCUT2D eigenvalue weighted by Gasteiger charge is -2.21. The normalized spacial score (nSPS) is 38.9. The molecule has 0 spiro atoms. The molecule has 0 fully saturated rings. The first-order valence-corrected chi connectivity index (χ1v) is 4.91. The molecule has 0 aromatic rings. The highest BCUT2D eigenvalue weighted by molar-refractivity contribution is 6.66. The van der Waals surface area contributed by atoms with Crippen LogP contribution in [-0.2, 0) is 4.79 Å². The van der Waals surface area contributed by atoms with Crippen molar-refractivity contribution < 1.29 is 4.79 Å². The smallest absolute Gasteiger partial charge is 0.252 e. The third-order valence-corrected chi connectivity index (χ3v) is 2.68. The lowest BCUT2D eigenvalue weighted by Crippen LogP contribution is -2.31. The summed E-state index contributed by atoms with van der Waals surface area (Å²) >= 11 is 5.49. The van der Waals surface area contributed by atoms with E-state index in [0.29, 0.717) is 0 Å². The molecular weight excluding hydrogens is 212 g/mol. The van der Waals surface area contributed by atoms with Gasteiger partial charge in [-0.05, 0) is 38.2 Å². The van der Waals surface area contributed by atoms with E-state index in [9.17, 15) is 4.79 Å². The highest BCUT2D eigenvalue weighted by atomic mass is 35.5. The lowest BCUT2D eigenvalue weighted by atomic mass is 9.99. The maximum absolute atomic E-state index is 11.2. The molecule has 1 rings (SSSR count). The predicted octanol–water partition coefficient (Wildman–Crippen LogP) is 2.17. The first-order chi connectivity index (χ1) is 6.92. The average Bonchev–Trinajstić information content (AvgIpc) is 2.19. The van der Waals surface area contributed by atoms with Gasteiger partial charge in [0.2, 0.25) is 0 Å². The van der Waals surface area contributed by atoms with Gasteiger partial charge in [0, 0.05) is 6.21 Å². The predicted molar refractivity (Wildman–Crippen MR) is 64.0 cm³/mol. The van der Waals surface area contributed by atoms with Crippen LogP contribution in [0.15, 0.2) is 34.3 Å². The Morgan fingerprint density at radius 3 is 2.53 bits per heavy atom. The van der Waals surface area contributed by atoms with Gasteiger partial charge < -0.3 is 0 Å². The maximum atomic E-state index is 11.2. The first kappa shape index (κ1) is 11.9. The quantitative estimate of drug-likeness (QED) is 0.524. The van der Waals surface area contributed by atoms with Crippen LogP contribution >= 0.6 is 11.6 Å². The summed E-state index contributed by atoms with van der Waals surface area (Å²) in [6, 6.07) is 0. The van der Waals surface area contributed by atoms with Gasteiger partial charge in [0.15, 0.2) is 0 Å². The third-order valence-electron chi connectivity index (χ3n) is 2.30. The van der Waals surface area contributed by atoms with Gasteiger partial charge in [-0.2, -0.15) is 0 Å². The van der Waals surface area contributed by atoms with Crippen LogP contribution in [0.3, 0.4) is 0 Å². The van der Waals surface area contributed by atoms with Gasteiger partial charge in [-0.3, -0.25) is 14.8 Å². The molecule has 2 atom stereocenters. The minimum absolute atomic E-state index is 0.517. The zero-order valence-electron chi connectivity index (χ0n) is 8.77. The molecule has 0 aliphatic carbocycles. The topological polar surface area (TPSA) is 41.8 Å². The molecule has 0 radical (unpaired) electrons. The summed E-state index contributed by atoms with van der Waals surface area (Å²) in [7, 11) is 0. The van der Waals surface area contributed by atoms with Gasteiger partial charge in [0.05, 0.1) is 0 Å². The van der Waals surface area contributed by atoms with Crippen molar-refractivity contribution in [1.29, 1.82) is 0 Å². The van der Waals surface area contributed by atoms with Crippen LogP contribution in [0.4, 0.5) is 0 Å². The van der Waals surface area contributed by atoms with E-state index in [-0.39, 0.29) is 0 Å². The number of nitrogens with zero attached hydrogens (tertiary/aromatic N) is 2. The van der Waals surface area contributed by atoms with Crippen molar-refractivity contribution in [1.82, 2.24) is 0 Å². The highest BCUT2D eigenvalue weighted by Crippen LogP contribution is 2.20. The van der Waals surface area contributed by atoms with Crippen molar-refractivity contribution in [3.8, 4) is 0 Å². The SMILES string of the molecule is C=NC1(C)C=NC(C)(C(=O)Cl)/C=C\C=C/1. The van der Waals surface area contributed by atoms with Gasteiger partial charge in [0.25, 0.3) is 5.24 Å². The van der Waals surface area contributed by atoms with E-state index in [1.807, 2.05) is 13.0 Å². The van der Waals surface area contributed by atoms with Crippen LogP contribution in [0.2, 0.25) is 0 Å². The van der Waals surface area contributed by atoms with Crippen molar-refractivity contribution in [3.05, 3.63) is 24.3 Å². The van der Waals surface area contributed by atoms with Gasteiger partial charge in [-0.1, -0.05) is 18.2 Å². The number of hydrogen-bond acceptors (Lipinski definition) is 3.